The molecule has 1 aromatic carbocycles. The maximum absolute atomic E-state index is 14.1. The van der Waals surface area contributed by atoms with Crippen LogP contribution in [0.25, 0.3) is 5.57 Å². The summed E-state index contributed by atoms with van der Waals surface area (Å²) < 4.78 is 38.4. The van der Waals surface area contributed by atoms with Crippen LogP contribution in [0.2, 0.25) is 5.02 Å². The third-order valence-electron chi connectivity index (χ3n) is 7.01. The van der Waals surface area contributed by atoms with Crippen molar-refractivity contribution in [3.63, 3.8) is 0 Å². The van der Waals surface area contributed by atoms with Gasteiger partial charge in [0.25, 0.3) is 5.88 Å². The summed E-state index contributed by atoms with van der Waals surface area (Å²) in [7, 11) is 0. The summed E-state index contributed by atoms with van der Waals surface area (Å²) in [5.74, 6) is -1.20. The van der Waals surface area contributed by atoms with Gasteiger partial charge in [-0.1, -0.05) is 48.5 Å². The van der Waals surface area contributed by atoms with Gasteiger partial charge in [-0.25, -0.2) is 13.8 Å². The van der Waals surface area contributed by atoms with Crippen LogP contribution in [0.1, 0.15) is 61.3 Å². The average Bonchev–Trinajstić information content (AvgIpc) is 2.95. The summed E-state index contributed by atoms with van der Waals surface area (Å²) in [4.78, 5) is 20.6. The second-order valence-electron chi connectivity index (χ2n) is 10.6. The van der Waals surface area contributed by atoms with Crippen LogP contribution in [0.3, 0.4) is 0 Å². The number of hydrogen-bond donors (Lipinski definition) is 0. The van der Waals surface area contributed by atoms with E-state index in [0.717, 1.165) is 55.1 Å². The van der Waals surface area contributed by atoms with Crippen molar-refractivity contribution in [2.75, 3.05) is 26.2 Å². The Morgan fingerprint density at radius 2 is 1.91 bits per heavy atom. The van der Waals surface area contributed by atoms with Gasteiger partial charge in [0.05, 0.1) is 11.8 Å². The zero-order chi connectivity index (χ0) is 31.4. The van der Waals surface area contributed by atoms with Crippen molar-refractivity contribution in [1.29, 1.82) is 0 Å². The SMILES string of the molecule is C=C(C)CN1CC=C(c2ccc(F)c(OCc3ccc(Cl)cc3F)n2)CC1.CCC1CCO1.Cc1ccc([C-]=O)nc1C.[U]. The van der Waals surface area contributed by atoms with E-state index in [0.29, 0.717) is 28.1 Å². The van der Waals surface area contributed by atoms with E-state index < -0.39 is 11.6 Å². The first-order valence-corrected chi connectivity index (χ1v) is 14.7. The maximum Gasteiger partial charge on any atom is 0.251 e. The van der Waals surface area contributed by atoms with Crippen LogP contribution in [0, 0.1) is 56.6 Å². The Kier molecular flexibility index (Phi) is 16.5. The van der Waals surface area contributed by atoms with Crippen LogP contribution < -0.4 is 4.74 Å². The summed E-state index contributed by atoms with van der Waals surface area (Å²) in [5, 5.41) is 0.299. The molecule has 5 rings (SSSR count). The molecule has 2 aliphatic rings. The molecule has 0 bridgehead atoms. The predicted octanol–water partition coefficient (Wildman–Crippen LogP) is 7.60. The Morgan fingerprint density at radius 3 is 2.43 bits per heavy atom. The fraction of sp³-hybridized carbons (Fsp3) is 0.382. The van der Waals surface area contributed by atoms with Crippen LogP contribution in [-0.4, -0.2) is 53.5 Å². The standard InChI is InChI=1S/C21H21ClF2N2O.C8H8NO.C5H10O.U/c1-14(2)12-26-9-7-15(8-10-26)20-6-5-18(23)21(25-20)27-13-16-3-4-17(22)11-19(16)24;1-6-3-4-8(5-10)9-7(6)2;1-2-5-3-4-6-5;/h3-7,11H,1,8-10,12-13H2,2H3;3-4H,1-2H3;5H,2-4H2,1H3;/q;-1;;. The Bertz CT molecular complexity index is 1430. The van der Waals surface area contributed by atoms with E-state index in [1.165, 1.54) is 31.0 Å². The molecular weight excluding hydrogens is 810 g/mol. The number of aryl methyl sites for hydroxylation is 2. The summed E-state index contributed by atoms with van der Waals surface area (Å²) in [6.07, 6.45) is 7.74. The average molecular weight is 849 g/mol. The van der Waals surface area contributed by atoms with Crippen molar-refractivity contribution in [2.45, 2.75) is 59.7 Å². The van der Waals surface area contributed by atoms with Crippen LogP contribution in [-0.2, 0) is 16.1 Å². The fourth-order valence-corrected chi connectivity index (χ4v) is 4.41. The zero-order valence-corrected chi connectivity index (χ0v) is 30.7. The van der Waals surface area contributed by atoms with E-state index in [9.17, 15) is 13.6 Å². The summed E-state index contributed by atoms with van der Waals surface area (Å²) in [6.45, 7) is 15.4. The molecular formula is C34H39ClF2N3O3U-. The second-order valence-corrected chi connectivity index (χ2v) is 11.0. The first kappa shape index (κ1) is 37.8. The Balaban J connectivity index is 0.000000324. The molecule has 3 aromatic rings. The molecule has 10 heteroatoms. The molecule has 234 valence electrons. The van der Waals surface area contributed by atoms with Crippen LogP contribution >= 0.6 is 11.6 Å². The van der Waals surface area contributed by atoms with Gasteiger partial charge in [-0.05, 0) is 75.4 Å². The first-order chi connectivity index (χ1) is 20.6. The Labute approximate surface area is 288 Å². The number of halogens is 3. The van der Waals surface area contributed by atoms with Gasteiger partial charge in [-0.15, -0.1) is 6.07 Å². The van der Waals surface area contributed by atoms with E-state index in [4.69, 9.17) is 21.1 Å². The minimum absolute atomic E-state index is 0. The molecule has 0 saturated carbocycles. The Morgan fingerprint density at radius 1 is 1.16 bits per heavy atom. The van der Waals surface area contributed by atoms with Crippen molar-refractivity contribution in [1.82, 2.24) is 14.9 Å². The molecule has 0 N–H and O–H groups in total. The number of aromatic nitrogens is 2. The van der Waals surface area contributed by atoms with Gasteiger partial charge >= 0.3 is 0 Å². The molecule has 1 atom stereocenters. The Hall–Kier alpha value is -2.41. The van der Waals surface area contributed by atoms with E-state index in [1.807, 2.05) is 26.8 Å². The summed E-state index contributed by atoms with van der Waals surface area (Å²) in [5.41, 5.74) is 5.51. The minimum Gasteiger partial charge on any atom is -0.471 e. The molecule has 0 aliphatic carbocycles. The van der Waals surface area contributed by atoms with Gasteiger partial charge in [0.1, 0.15) is 12.4 Å². The molecule has 1 fully saturated rings. The van der Waals surface area contributed by atoms with Gasteiger partial charge in [-0.3, -0.25) is 9.88 Å². The van der Waals surface area contributed by atoms with E-state index in [2.05, 4.69) is 34.4 Å². The third kappa shape index (κ3) is 12.2. The van der Waals surface area contributed by atoms with Crippen LogP contribution in [0.5, 0.6) is 5.88 Å². The molecule has 6 nitrogen and oxygen atoms in total. The number of carbonyl (C=O) groups excluding carboxylic acids is 1. The smallest absolute Gasteiger partial charge is 0.251 e. The normalized spacial score (nSPS) is 15.6. The number of benzene rings is 1. The number of rotatable bonds is 8. The van der Waals surface area contributed by atoms with Gasteiger partial charge in [0.2, 0.25) is 0 Å². The summed E-state index contributed by atoms with van der Waals surface area (Å²) >= 11 is 5.74. The molecule has 4 heterocycles. The molecule has 1 unspecified atom stereocenters. The molecule has 2 aliphatic heterocycles. The number of hydrogen-bond acceptors (Lipinski definition) is 6. The van der Waals surface area contributed by atoms with Gasteiger partial charge in [0, 0.05) is 79.9 Å². The number of pyridine rings is 2. The topological polar surface area (TPSA) is 64.6 Å². The molecule has 44 heavy (non-hydrogen) atoms. The van der Waals surface area contributed by atoms with Gasteiger partial charge in [-0.2, -0.15) is 6.07 Å². The predicted molar refractivity (Wildman–Crippen MR) is 167 cm³/mol. The number of nitrogens with zero attached hydrogens (tertiary/aromatic N) is 3. The molecule has 0 amide bonds. The van der Waals surface area contributed by atoms with Gasteiger partial charge < -0.3 is 14.3 Å². The fourth-order valence-electron chi connectivity index (χ4n) is 4.25. The molecule has 0 radical (unpaired) electrons. The van der Waals surface area contributed by atoms with E-state index in [-0.39, 0.29) is 43.6 Å². The van der Waals surface area contributed by atoms with Crippen molar-refractivity contribution in [2.24, 2.45) is 0 Å². The minimum atomic E-state index is -0.576. The third-order valence-corrected chi connectivity index (χ3v) is 7.25. The first-order valence-electron chi connectivity index (χ1n) is 14.3. The van der Waals surface area contributed by atoms with Crippen molar-refractivity contribution >= 4 is 23.5 Å². The quantitative estimate of drug-likeness (QED) is 0.172. The largest absolute Gasteiger partial charge is 0.471 e. The van der Waals surface area contributed by atoms with E-state index in [1.54, 1.807) is 24.5 Å². The summed E-state index contributed by atoms with van der Waals surface area (Å²) in [6, 6.07) is 10.8. The zero-order valence-electron chi connectivity index (χ0n) is 25.8. The van der Waals surface area contributed by atoms with E-state index >= 15 is 0 Å². The van der Waals surface area contributed by atoms with Crippen LogP contribution in [0.15, 0.2) is 60.7 Å². The number of ether oxygens (including phenoxy) is 2. The molecule has 1 saturated heterocycles. The molecule has 0 spiro atoms. The van der Waals surface area contributed by atoms with Crippen molar-refractivity contribution in [3.8, 4) is 5.88 Å². The van der Waals surface area contributed by atoms with Crippen LogP contribution in [0.4, 0.5) is 8.78 Å². The second kappa shape index (κ2) is 19.2. The molecule has 2 aromatic heterocycles. The maximum atomic E-state index is 14.1. The van der Waals surface area contributed by atoms with Crippen molar-refractivity contribution in [3.05, 3.63) is 106 Å². The monoisotopic (exact) mass is 848 g/mol. The van der Waals surface area contributed by atoms with Crippen molar-refractivity contribution < 1.29 is 54.2 Å². The van der Waals surface area contributed by atoms with Gasteiger partial charge in [0.15, 0.2) is 5.82 Å².